The van der Waals surface area contributed by atoms with E-state index in [0.717, 1.165) is 17.3 Å². The van der Waals surface area contributed by atoms with Gasteiger partial charge in [0.1, 0.15) is 5.25 Å². The van der Waals surface area contributed by atoms with Crippen LogP contribution in [0.2, 0.25) is 0 Å². The lowest BCUT2D eigenvalue weighted by Crippen LogP contribution is -2.32. The van der Waals surface area contributed by atoms with Gasteiger partial charge in [-0.05, 0) is 5.56 Å². The number of hydrogen-bond donors (Lipinski definition) is 1. The number of hydrogen-bond acceptors (Lipinski definition) is 6. The maximum atomic E-state index is 12.3. The van der Waals surface area contributed by atoms with Crippen LogP contribution in [-0.4, -0.2) is 32.2 Å². The molecular formula is C15H13N3O3S2. The highest BCUT2D eigenvalue weighted by atomic mass is 32.2. The molecule has 1 aliphatic heterocycles. The summed E-state index contributed by atoms with van der Waals surface area (Å²) in [6.45, 7) is 0.232. The third kappa shape index (κ3) is 3.77. The van der Waals surface area contributed by atoms with Crippen molar-refractivity contribution in [2.45, 2.75) is 18.2 Å². The molecule has 1 fully saturated rings. The maximum Gasteiger partial charge on any atom is 0.289 e. The number of thioether (sulfide) groups is 1. The number of anilines is 1. The molecule has 23 heavy (non-hydrogen) atoms. The number of aromatic nitrogens is 1. The van der Waals surface area contributed by atoms with Gasteiger partial charge >= 0.3 is 0 Å². The van der Waals surface area contributed by atoms with Crippen LogP contribution >= 0.6 is 23.1 Å². The Morgan fingerprint density at radius 2 is 2.04 bits per heavy atom. The zero-order chi connectivity index (χ0) is 16.2. The average Bonchev–Trinajstić information content (AvgIpc) is 3.12. The number of thiazole rings is 1. The largest absolute Gasteiger partial charge is 0.302 e. The molecule has 118 valence electrons. The van der Waals surface area contributed by atoms with Crippen molar-refractivity contribution in [3.8, 4) is 0 Å². The maximum absolute atomic E-state index is 12.3. The molecule has 0 saturated carbocycles. The molecule has 3 amide bonds. The van der Waals surface area contributed by atoms with Crippen molar-refractivity contribution in [1.29, 1.82) is 0 Å². The first-order chi connectivity index (χ1) is 11.1. The first-order valence-corrected chi connectivity index (χ1v) is 8.64. The number of nitrogens with zero attached hydrogens (tertiary/aromatic N) is 2. The predicted molar refractivity (Wildman–Crippen MR) is 89.1 cm³/mol. The van der Waals surface area contributed by atoms with E-state index in [1.807, 2.05) is 30.3 Å². The van der Waals surface area contributed by atoms with E-state index in [0.29, 0.717) is 5.13 Å². The highest BCUT2D eigenvalue weighted by Gasteiger charge is 2.40. The van der Waals surface area contributed by atoms with Crippen molar-refractivity contribution in [3.05, 3.63) is 47.5 Å². The Labute approximate surface area is 140 Å². The van der Waals surface area contributed by atoms with Gasteiger partial charge in [-0.25, -0.2) is 4.98 Å². The average molecular weight is 347 g/mol. The molecule has 1 aromatic carbocycles. The van der Waals surface area contributed by atoms with Crippen LogP contribution in [0.3, 0.4) is 0 Å². The van der Waals surface area contributed by atoms with Crippen LogP contribution in [0, 0.1) is 0 Å². The van der Waals surface area contributed by atoms with Crippen molar-refractivity contribution in [3.63, 3.8) is 0 Å². The summed E-state index contributed by atoms with van der Waals surface area (Å²) in [7, 11) is 0. The molecule has 1 aliphatic rings. The summed E-state index contributed by atoms with van der Waals surface area (Å²) in [4.78, 5) is 41.5. The predicted octanol–water partition coefficient (Wildman–Crippen LogP) is 2.74. The summed E-state index contributed by atoms with van der Waals surface area (Å²) in [5, 5.41) is 3.86. The van der Waals surface area contributed by atoms with Crippen LogP contribution in [0.1, 0.15) is 12.0 Å². The van der Waals surface area contributed by atoms with E-state index in [1.165, 1.54) is 16.2 Å². The monoisotopic (exact) mass is 347 g/mol. The van der Waals surface area contributed by atoms with Gasteiger partial charge < -0.3 is 5.32 Å². The molecule has 0 radical (unpaired) electrons. The van der Waals surface area contributed by atoms with Gasteiger partial charge in [0.2, 0.25) is 11.8 Å². The summed E-state index contributed by atoms with van der Waals surface area (Å²) in [6, 6.07) is 9.29. The van der Waals surface area contributed by atoms with E-state index in [-0.39, 0.29) is 30.0 Å². The molecule has 0 bridgehead atoms. The fourth-order valence-electron chi connectivity index (χ4n) is 2.16. The van der Waals surface area contributed by atoms with Gasteiger partial charge in [0.05, 0.1) is 6.54 Å². The summed E-state index contributed by atoms with van der Waals surface area (Å²) in [5.74, 6) is -0.640. The van der Waals surface area contributed by atoms with Gasteiger partial charge in [0.15, 0.2) is 5.13 Å². The van der Waals surface area contributed by atoms with Gasteiger partial charge in [0, 0.05) is 18.0 Å². The van der Waals surface area contributed by atoms with Crippen LogP contribution < -0.4 is 5.32 Å². The number of carbonyl (C=O) groups is 3. The molecule has 8 heteroatoms. The number of imide groups is 1. The highest BCUT2D eigenvalue weighted by molar-refractivity contribution is 8.15. The van der Waals surface area contributed by atoms with Crippen LogP contribution in [-0.2, 0) is 16.1 Å². The van der Waals surface area contributed by atoms with Crippen LogP contribution in [0.5, 0.6) is 0 Å². The third-order valence-electron chi connectivity index (χ3n) is 3.24. The molecule has 1 atom stereocenters. The van der Waals surface area contributed by atoms with Gasteiger partial charge in [-0.1, -0.05) is 42.1 Å². The van der Waals surface area contributed by atoms with Crippen molar-refractivity contribution in [2.24, 2.45) is 0 Å². The standard InChI is InChI=1S/C15H13N3O3S2/c19-12(17-14-16-6-7-22-14)8-11-13(20)18(15(21)23-11)9-10-4-2-1-3-5-10/h1-7,11H,8-9H2,(H,16,17,19)/t11-/m0/s1. The van der Waals surface area contributed by atoms with Crippen molar-refractivity contribution < 1.29 is 14.4 Å². The second-order valence-corrected chi connectivity index (χ2v) is 6.92. The quantitative estimate of drug-likeness (QED) is 0.900. The van der Waals surface area contributed by atoms with Crippen molar-refractivity contribution in [2.75, 3.05) is 5.32 Å². The van der Waals surface area contributed by atoms with E-state index in [2.05, 4.69) is 10.3 Å². The topological polar surface area (TPSA) is 79.4 Å². The Hall–Kier alpha value is -2.19. The zero-order valence-corrected chi connectivity index (χ0v) is 13.6. The first-order valence-electron chi connectivity index (χ1n) is 6.89. The molecule has 2 heterocycles. The Bertz CT molecular complexity index is 719. The number of nitrogens with one attached hydrogen (secondary N) is 1. The normalized spacial score (nSPS) is 17.6. The summed E-state index contributed by atoms with van der Waals surface area (Å²) in [5.41, 5.74) is 0.877. The van der Waals surface area contributed by atoms with Crippen molar-refractivity contribution in [1.82, 2.24) is 9.88 Å². The zero-order valence-electron chi connectivity index (χ0n) is 12.0. The summed E-state index contributed by atoms with van der Waals surface area (Å²) in [6.07, 6.45) is 1.54. The van der Waals surface area contributed by atoms with Crippen molar-refractivity contribution >= 4 is 45.3 Å². The van der Waals surface area contributed by atoms with Crippen LogP contribution in [0.15, 0.2) is 41.9 Å². The lowest BCUT2D eigenvalue weighted by atomic mass is 10.2. The molecule has 6 nitrogen and oxygen atoms in total. The molecular weight excluding hydrogens is 334 g/mol. The number of benzene rings is 1. The molecule has 3 rings (SSSR count). The third-order valence-corrected chi connectivity index (χ3v) is 5.00. The van der Waals surface area contributed by atoms with E-state index in [1.54, 1.807) is 11.6 Å². The summed E-state index contributed by atoms with van der Waals surface area (Å²) < 4.78 is 0. The number of amides is 3. The SMILES string of the molecule is O=C(C[C@@H]1SC(=O)N(Cc2ccccc2)C1=O)Nc1nccs1. The second kappa shape index (κ2) is 6.93. The number of carbonyl (C=O) groups excluding carboxylic acids is 3. The molecule has 1 aromatic heterocycles. The smallest absolute Gasteiger partial charge is 0.289 e. The lowest BCUT2D eigenvalue weighted by molar-refractivity contribution is -0.129. The molecule has 0 unspecified atom stereocenters. The minimum atomic E-state index is -0.675. The first kappa shape index (κ1) is 15.7. The van der Waals surface area contributed by atoms with E-state index in [9.17, 15) is 14.4 Å². The van der Waals surface area contributed by atoms with Gasteiger partial charge in [-0.3, -0.25) is 19.3 Å². The Kier molecular flexibility index (Phi) is 4.73. The molecule has 1 N–H and O–H groups in total. The van der Waals surface area contributed by atoms with Gasteiger partial charge in [0.25, 0.3) is 5.24 Å². The fraction of sp³-hybridized carbons (Fsp3) is 0.200. The van der Waals surface area contributed by atoms with Crippen LogP contribution in [0.25, 0.3) is 0 Å². The molecule has 0 aliphatic carbocycles. The van der Waals surface area contributed by atoms with E-state index < -0.39 is 5.25 Å². The molecule has 1 saturated heterocycles. The number of rotatable bonds is 5. The fourth-order valence-corrected chi connectivity index (χ4v) is 3.69. The minimum absolute atomic E-state index is 0.0416. The highest BCUT2D eigenvalue weighted by Crippen LogP contribution is 2.30. The van der Waals surface area contributed by atoms with Gasteiger partial charge in [-0.15, -0.1) is 11.3 Å². The lowest BCUT2D eigenvalue weighted by Gasteiger charge is -2.13. The van der Waals surface area contributed by atoms with E-state index in [4.69, 9.17) is 0 Å². The Balaban J connectivity index is 1.60. The molecule has 0 spiro atoms. The Morgan fingerprint density at radius 1 is 1.26 bits per heavy atom. The molecule has 2 aromatic rings. The van der Waals surface area contributed by atoms with E-state index >= 15 is 0 Å². The Morgan fingerprint density at radius 3 is 2.74 bits per heavy atom. The summed E-state index contributed by atoms with van der Waals surface area (Å²) >= 11 is 2.20. The van der Waals surface area contributed by atoms with Crippen LogP contribution in [0.4, 0.5) is 9.93 Å². The second-order valence-electron chi connectivity index (χ2n) is 4.87. The van der Waals surface area contributed by atoms with Gasteiger partial charge in [-0.2, -0.15) is 0 Å². The minimum Gasteiger partial charge on any atom is -0.302 e.